The highest BCUT2D eigenvalue weighted by molar-refractivity contribution is 5.73. The highest BCUT2D eigenvalue weighted by Gasteiger charge is 2.35. The molecule has 1 aliphatic heterocycles. The quantitative estimate of drug-likeness (QED) is 0.867. The molecule has 0 N–H and O–H groups in total. The van der Waals surface area contributed by atoms with Crippen LogP contribution in [0, 0.1) is 5.92 Å². The average molecular weight is 297 g/mol. The molecule has 0 aliphatic carbocycles. The maximum absolute atomic E-state index is 11.7. The van der Waals surface area contributed by atoms with Crippen molar-refractivity contribution < 1.29 is 9.53 Å². The molecule has 1 fully saturated rings. The largest absolute Gasteiger partial charge is 0.492 e. The molecule has 3 rings (SSSR count). The summed E-state index contributed by atoms with van der Waals surface area (Å²) in [7, 11) is 0. The van der Waals surface area contributed by atoms with Crippen molar-refractivity contribution in [3.63, 3.8) is 0 Å². The van der Waals surface area contributed by atoms with E-state index < -0.39 is 0 Å². The van der Waals surface area contributed by atoms with Gasteiger partial charge in [-0.15, -0.1) is 0 Å². The van der Waals surface area contributed by atoms with Crippen molar-refractivity contribution >= 4 is 5.91 Å². The lowest BCUT2D eigenvalue weighted by Gasteiger charge is -2.18. The molecule has 22 heavy (non-hydrogen) atoms. The summed E-state index contributed by atoms with van der Waals surface area (Å²) in [6.07, 6.45) is 7.02. The van der Waals surface area contributed by atoms with E-state index >= 15 is 0 Å². The first kappa shape index (κ1) is 14.5. The maximum atomic E-state index is 11.7. The summed E-state index contributed by atoms with van der Waals surface area (Å²) in [5.74, 6) is 1.43. The van der Waals surface area contributed by atoms with Gasteiger partial charge in [0, 0.05) is 50.4 Å². The number of carbonyl (C=O) groups is 1. The van der Waals surface area contributed by atoms with Crippen molar-refractivity contribution in [2.75, 3.05) is 19.7 Å². The first-order chi connectivity index (χ1) is 10.7. The summed E-state index contributed by atoms with van der Waals surface area (Å²) in [5, 5.41) is 0. The van der Waals surface area contributed by atoms with Gasteiger partial charge in [0.15, 0.2) is 0 Å². The molecule has 1 saturated heterocycles. The second-order valence-electron chi connectivity index (χ2n) is 5.57. The van der Waals surface area contributed by atoms with Crippen LogP contribution in [0.3, 0.4) is 0 Å². The van der Waals surface area contributed by atoms with Crippen LogP contribution in [-0.4, -0.2) is 40.5 Å². The van der Waals surface area contributed by atoms with Crippen molar-refractivity contribution in [2.24, 2.45) is 5.92 Å². The van der Waals surface area contributed by atoms with E-state index in [0.29, 0.717) is 6.61 Å². The fourth-order valence-corrected chi connectivity index (χ4v) is 2.92. The van der Waals surface area contributed by atoms with Crippen LogP contribution in [0.1, 0.15) is 18.4 Å². The number of likely N-dealkylation sites (tertiary alicyclic amines) is 1. The Hall–Kier alpha value is -2.43. The molecule has 0 radical (unpaired) electrons. The van der Waals surface area contributed by atoms with E-state index in [1.54, 1.807) is 31.7 Å². The summed E-state index contributed by atoms with van der Waals surface area (Å²) in [4.78, 5) is 21.7. The Morgan fingerprint density at radius 1 is 1.23 bits per heavy atom. The van der Waals surface area contributed by atoms with E-state index in [1.165, 1.54) is 5.56 Å². The number of pyridine rings is 2. The number of hydrogen-bond acceptors (Lipinski definition) is 4. The molecule has 3 heterocycles. The van der Waals surface area contributed by atoms with Crippen molar-refractivity contribution in [1.29, 1.82) is 0 Å². The Balaban J connectivity index is 1.73. The second kappa shape index (κ2) is 6.56. The normalized spacial score (nSPS) is 20.9. The van der Waals surface area contributed by atoms with Crippen LogP contribution in [0.2, 0.25) is 0 Å². The van der Waals surface area contributed by atoms with Gasteiger partial charge in [0.25, 0.3) is 0 Å². The van der Waals surface area contributed by atoms with E-state index in [4.69, 9.17) is 4.74 Å². The Morgan fingerprint density at radius 2 is 2.05 bits per heavy atom. The third kappa shape index (κ3) is 3.24. The fraction of sp³-hybridized carbons (Fsp3) is 0.353. The number of amides is 1. The van der Waals surface area contributed by atoms with E-state index in [9.17, 15) is 4.79 Å². The summed E-state index contributed by atoms with van der Waals surface area (Å²) in [6, 6.07) is 7.79. The van der Waals surface area contributed by atoms with Crippen molar-refractivity contribution in [1.82, 2.24) is 14.9 Å². The molecule has 1 amide bonds. The number of ether oxygens (including phenoxy) is 1. The van der Waals surface area contributed by atoms with Gasteiger partial charge in [-0.3, -0.25) is 14.8 Å². The number of hydrogen-bond donors (Lipinski definition) is 0. The molecule has 0 aromatic carbocycles. The SMILES string of the molecule is CC(=O)N1C[C@@H](COc2cccnc2)[C@H](c2ccncc2)C1. The molecule has 114 valence electrons. The van der Waals surface area contributed by atoms with Gasteiger partial charge in [-0.2, -0.15) is 0 Å². The molecule has 0 spiro atoms. The van der Waals surface area contributed by atoms with Crippen LogP contribution in [0.15, 0.2) is 49.1 Å². The average Bonchev–Trinajstić information content (AvgIpc) is 2.99. The predicted molar refractivity (Wildman–Crippen MR) is 82.5 cm³/mol. The highest BCUT2D eigenvalue weighted by atomic mass is 16.5. The molecule has 0 bridgehead atoms. The minimum atomic E-state index is 0.114. The highest BCUT2D eigenvalue weighted by Crippen LogP contribution is 2.32. The first-order valence-corrected chi connectivity index (χ1v) is 7.42. The zero-order chi connectivity index (χ0) is 15.4. The zero-order valence-corrected chi connectivity index (χ0v) is 12.6. The number of carbonyl (C=O) groups excluding carboxylic acids is 1. The smallest absolute Gasteiger partial charge is 0.219 e. The summed E-state index contributed by atoms with van der Waals surface area (Å²) in [5.41, 5.74) is 1.21. The van der Waals surface area contributed by atoms with Crippen LogP contribution < -0.4 is 4.74 Å². The van der Waals surface area contributed by atoms with Gasteiger partial charge in [-0.25, -0.2) is 0 Å². The van der Waals surface area contributed by atoms with Gasteiger partial charge in [0.2, 0.25) is 5.91 Å². The third-order valence-corrected chi connectivity index (χ3v) is 4.12. The molecule has 0 saturated carbocycles. The number of nitrogens with zero attached hydrogens (tertiary/aromatic N) is 3. The Morgan fingerprint density at radius 3 is 2.73 bits per heavy atom. The van der Waals surface area contributed by atoms with Crippen molar-refractivity contribution in [2.45, 2.75) is 12.8 Å². The van der Waals surface area contributed by atoms with Crippen LogP contribution in [0.4, 0.5) is 0 Å². The topological polar surface area (TPSA) is 55.3 Å². The Kier molecular flexibility index (Phi) is 4.32. The molecular formula is C17H19N3O2. The number of aromatic nitrogens is 2. The Labute approximate surface area is 130 Å². The third-order valence-electron chi connectivity index (χ3n) is 4.12. The lowest BCUT2D eigenvalue weighted by atomic mass is 9.90. The lowest BCUT2D eigenvalue weighted by Crippen LogP contribution is -2.26. The molecule has 2 aromatic heterocycles. The van der Waals surface area contributed by atoms with Gasteiger partial charge in [0.1, 0.15) is 5.75 Å². The molecule has 2 atom stereocenters. The van der Waals surface area contributed by atoms with Gasteiger partial charge in [-0.05, 0) is 29.8 Å². The van der Waals surface area contributed by atoms with E-state index in [0.717, 1.165) is 18.8 Å². The van der Waals surface area contributed by atoms with Crippen molar-refractivity contribution in [3.05, 3.63) is 54.6 Å². The van der Waals surface area contributed by atoms with Crippen LogP contribution in [0.5, 0.6) is 5.75 Å². The Bertz CT molecular complexity index is 618. The lowest BCUT2D eigenvalue weighted by molar-refractivity contribution is -0.127. The predicted octanol–water partition coefficient (Wildman–Crippen LogP) is 2.12. The summed E-state index contributed by atoms with van der Waals surface area (Å²) >= 11 is 0. The summed E-state index contributed by atoms with van der Waals surface area (Å²) < 4.78 is 5.85. The van der Waals surface area contributed by atoms with Gasteiger partial charge < -0.3 is 9.64 Å². The van der Waals surface area contributed by atoms with Gasteiger partial charge in [-0.1, -0.05) is 0 Å². The minimum Gasteiger partial charge on any atom is -0.492 e. The molecule has 5 heteroatoms. The number of rotatable bonds is 4. The van der Waals surface area contributed by atoms with Gasteiger partial charge >= 0.3 is 0 Å². The summed E-state index contributed by atoms with van der Waals surface area (Å²) in [6.45, 7) is 3.65. The van der Waals surface area contributed by atoms with Crippen molar-refractivity contribution in [3.8, 4) is 5.75 Å². The van der Waals surface area contributed by atoms with Crippen LogP contribution in [0.25, 0.3) is 0 Å². The monoisotopic (exact) mass is 297 g/mol. The van der Waals surface area contributed by atoms with E-state index in [-0.39, 0.29) is 17.7 Å². The maximum Gasteiger partial charge on any atom is 0.219 e. The minimum absolute atomic E-state index is 0.114. The van der Waals surface area contributed by atoms with E-state index in [1.807, 2.05) is 29.2 Å². The molecular weight excluding hydrogens is 278 g/mol. The van der Waals surface area contributed by atoms with Crippen LogP contribution in [-0.2, 0) is 4.79 Å². The standard InChI is InChI=1S/C17H19N3O2/c1-13(21)20-10-15(12-22-16-3-2-6-19-9-16)17(11-20)14-4-7-18-8-5-14/h2-9,15,17H,10-12H2,1H3/t15-,17-/m0/s1. The fourth-order valence-electron chi connectivity index (χ4n) is 2.92. The second-order valence-corrected chi connectivity index (χ2v) is 5.57. The molecule has 5 nitrogen and oxygen atoms in total. The van der Waals surface area contributed by atoms with Gasteiger partial charge in [0.05, 0.1) is 12.8 Å². The molecule has 0 unspecified atom stereocenters. The first-order valence-electron chi connectivity index (χ1n) is 7.42. The van der Waals surface area contributed by atoms with E-state index in [2.05, 4.69) is 9.97 Å². The van der Waals surface area contributed by atoms with Crippen LogP contribution >= 0.6 is 0 Å². The molecule has 2 aromatic rings. The molecule has 1 aliphatic rings. The zero-order valence-electron chi connectivity index (χ0n) is 12.6.